The third-order valence-electron chi connectivity index (χ3n) is 3.59. The van der Waals surface area contributed by atoms with E-state index in [1.807, 2.05) is 12.1 Å². The van der Waals surface area contributed by atoms with Crippen molar-refractivity contribution in [1.82, 2.24) is 14.6 Å². The second kappa shape index (κ2) is 4.93. The molecule has 2 N–H and O–H groups in total. The van der Waals surface area contributed by atoms with Crippen LogP contribution >= 0.6 is 11.6 Å². The number of halogens is 1. The van der Waals surface area contributed by atoms with Gasteiger partial charge in [-0.3, -0.25) is 0 Å². The molecule has 0 saturated heterocycles. The van der Waals surface area contributed by atoms with Crippen LogP contribution in [0.2, 0.25) is 5.02 Å². The van der Waals surface area contributed by atoms with Crippen LogP contribution < -0.4 is 10.6 Å². The lowest BCUT2D eigenvalue weighted by atomic mass is 10.0. The number of aryl methyl sites for hydroxylation is 1. The zero-order chi connectivity index (χ0) is 14.2. The van der Waals surface area contributed by atoms with Crippen molar-refractivity contribution < 1.29 is 0 Å². The highest BCUT2D eigenvalue weighted by Gasteiger charge is 2.10. The van der Waals surface area contributed by atoms with Crippen molar-refractivity contribution in [2.45, 2.75) is 12.8 Å². The van der Waals surface area contributed by atoms with Gasteiger partial charge in [-0.05, 0) is 48.7 Å². The molecule has 0 fully saturated rings. The van der Waals surface area contributed by atoms with Crippen LogP contribution in [0.5, 0.6) is 0 Å². The van der Waals surface area contributed by atoms with Crippen molar-refractivity contribution >= 4 is 34.6 Å². The van der Waals surface area contributed by atoms with Crippen molar-refractivity contribution in [2.24, 2.45) is 0 Å². The van der Waals surface area contributed by atoms with E-state index in [-0.39, 0.29) is 0 Å². The summed E-state index contributed by atoms with van der Waals surface area (Å²) < 4.78 is 1.67. The molecule has 3 aromatic rings. The van der Waals surface area contributed by atoms with Gasteiger partial charge in [0, 0.05) is 24.1 Å². The van der Waals surface area contributed by atoms with Gasteiger partial charge >= 0.3 is 0 Å². The maximum Gasteiger partial charge on any atom is 0.247 e. The SMILES string of the molecule is Clc1ccc2nc(Nc3ccc4c(c3)CCCN4)nn2c1. The number of hydrogen-bond acceptors (Lipinski definition) is 4. The van der Waals surface area contributed by atoms with E-state index in [9.17, 15) is 0 Å². The van der Waals surface area contributed by atoms with Gasteiger partial charge in [0.25, 0.3) is 0 Å². The first-order valence-corrected chi connectivity index (χ1v) is 7.31. The predicted octanol–water partition coefficient (Wildman–Crippen LogP) is 3.48. The maximum absolute atomic E-state index is 5.95. The van der Waals surface area contributed by atoms with Crippen molar-refractivity contribution in [3.63, 3.8) is 0 Å². The van der Waals surface area contributed by atoms with Gasteiger partial charge in [-0.2, -0.15) is 4.98 Å². The molecule has 0 atom stereocenters. The van der Waals surface area contributed by atoms with Gasteiger partial charge in [-0.25, -0.2) is 4.52 Å². The number of anilines is 3. The average molecular weight is 300 g/mol. The molecule has 6 heteroatoms. The van der Waals surface area contributed by atoms with E-state index in [1.165, 1.54) is 17.7 Å². The van der Waals surface area contributed by atoms with Gasteiger partial charge in [-0.1, -0.05) is 11.6 Å². The molecule has 0 bridgehead atoms. The van der Waals surface area contributed by atoms with Crippen molar-refractivity contribution in [3.05, 3.63) is 47.1 Å². The van der Waals surface area contributed by atoms with Crippen LogP contribution in [0.15, 0.2) is 36.5 Å². The highest BCUT2D eigenvalue weighted by atomic mass is 35.5. The minimum atomic E-state index is 0.570. The van der Waals surface area contributed by atoms with E-state index in [4.69, 9.17) is 11.6 Å². The Kier molecular flexibility index (Phi) is 2.93. The summed E-state index contributed by atoms with van der Waals surface area (Å²) in [5.74, 6) is 0.570. The number of nitrogens with one attached hydrogen (secondary N) is 2. The molecule has 4 rings (SSSR count). The lowest BCUT2D eigenvalue weighted by molar-refractivity contribution is 0.830. The molecule has 21 heavy (non-hydrogen) atoms. The third-order valence-corrected chi connectivity index (χ3v) is 3.82. The van der Waals surface area contributed by atoms with E-state index in [0.717, 1.165) is 24.3 Å². The fourth-order valence-corrected chi connectivity index (χ4v) is 2.75. The van der Waals surface area contributed by atoms with E-state index < -0.39 is 0 Å². The minimum Gasteiger partial charge on any atom is -0.385 e. The molecule has 1 aliphatic heterocycles. The van der Waals surface area contributed by atoms with Crippen molar-refractivity contribution in [2.75, 3.05) is 17.2 Å². The van der Waals surface area contributed by atoms with E-state index in [0.29, 0.717) is 11.0 Å². The van der Waals surface area contributed by atoms with Crippen LogP contribution in [0.3, 0.4) is 0 Å². The van der Waals surface area contributed by atoms with Crippen LogP contribution in [0, 0.1) is 0 Å². The van der Waals surface area contributed by atoms with E-state index in [1.54, 1.807) is 16.8 Å². The largest absolute Gasteiger partial charge is 0.385 e. The lowest BCUT2D eigenvalue weighted by Crippen LogP contribution is -2.11. The quantitative estimate of drug-likeness (QED) is 0.760. The van der Waals surface area contributed by atoms with Gasteiger partial charge in [0.15, 0.2) is 5.65 Å². The van der Waals surface area contributed by atoms with Gasteiger partial charge < -0.3 is 10.6 Å². The summed E-state index contributed by atoms with van der Waals surface area (Å²) >= 11 is 5.95. The van der Waals surface area contributed by atoms with E-state index >= 15 is 0 Å². The second-order valence-corrected chi connectivity index (χ2v) is 5.55. The second-order valence-electron chi connectivity index (χ2n) is 5.11. The molecule has 0 unspecified atom stereocenters. The van der Waals surface area contributed by atoms with Crippen LogP contribution in [0.4, 0.5) is 17.3 Å². The fraction of sp³-hybridized carbons (Fsp3) is 0.200. The first kappa shape index (κ1) is 12.5. The van der Waals surface area contributed by atoms with Gasteiger partial charge in [0.1, 0.15) is 0 Å². The van der Waals surface area contributed by atoms with Crippen LogP contribution in [0.25, 0.3) is 5.65 Å². The van der Waals surface area contributed by atoms with Gasteiger partial charge in [0.2, 0.25) is 5.95 Å². The Hall–Kier alpha value is -2.27. The average Bonchev–Trinajstić information content (AvgIpc) is 2.88. The van der Waals surface area contributed by atoms with Crippen LogP contribution in [0.1, 0.15) is 12.0 Å². The Balaban J connectivity index is 1.64. The monoisotopic (exact) mass is 299 g/mol. The Morgan fingerprint density at radius 2 is 2.19 bits per heavy atom. The van der Waals surface area contributed by atoms with Crippen LogP contribution in [-0.4, -0.2) is 21.1 Å². The molecule has 106 valence electrons. The molecule has 0 amide bonds. The smallest absolute Gasteiger partial charge is 0.247 e. The Morgan fingerprint density at radius 1 is 1.24 bits per heavy atom. The summed E-state index contributed by atoms with van der Waals surface area (Å²) in [5.41, 5.74) is 4.32. The zero-order valence-electron chi connectivity index (χ0n) is 11.3. The van der Waals surface area contributed by atoms with Crippen LogP contribution in [-0.2, 0) is 6.42 Å². The summed E-state index contributed by atoms with van der Waals surface area (Å²) in [6.45, 7) is 1.05. The Bertz CT molecular complexity index is 811. The molecule has 1 aromatic carbocycles. The first-order valence-electron chi connectivity index (χ1n) is 6.94. The van der Waals surface area contributed by atoms with Gasteiger partial charge in [0.05, 0.1) is 5.02 Å². The molecular formula is C15H14ClN5. The highest BCUT2D eigenvalue weighted by Crippen LogP contribution is 2.26. The summed E-state index contributed by atoms with van der Waals surface area (Å²) in [6, 6.07) is 9.94. The molecule has 0 saturated carbocycles. The van der Waals surface area contributed by atoms with Crippen molar-refractivity contribution in [1.29, 1.82) is 0 Å². The lowest BCUT2D eigenvalue weighted by Gasteiger charge is -2.18. The van der Waals surface area contributed by atoms with Crippen molar-refractivity contribution in [3.8, 4) is 0 Å². The number of aromatic nitrogens is 3. The molecule has 0 radical (unpaired) electrons. The standard InChI is InChI=1S/C15H14ClN5/c16-11-3-6-14-19-15(20-21(14)9-11)18-12-4-5-13-10(8-12)2-1-7-17-13/h3-6,8-9,17H,1-2,7H2,(H,18,20). The number of fused-ring (bicyclic) bond motifs is 2. The topological polar surface area (TPSA) is 54.2 Å². The molecular weight excluding hydrogens is 286 g/mol. The summed E-state index contributed by atoms with van der Waals surface area (Å²) in [4.78, 5) is 4.43. The maximum atomic E-state index is 5.95. The molecule has 0 spiro atoms. The number of pyridine rings is 1. The third kappa shape index (κ3) is 2.40. The summed E-state index contributed by atoms with van der Waals surface area (Å²) in [5, 5.41) is 11.7. The van der Waals surface area contributed by atoms with E-state index in [2.05, 4.69) is 32.8 Å². The highest BCUT2D eigenvalue weighted by molar-refractivity contribution is 6.30. The zero-order valence-corrected chi connectivity index (χ0v) is 12.1. The molecule has 3 heterocycles. The summed E-state index contributed by atoms with van der Waals surface area (Å²) in [7, 11) is 0. The number of rotatable bonds is 2. The fourth-order valence-electron chi connectivity index (χ4n) is 2.59. The number of hydrogen-bond donors (Lipinski definition) is 2. The Morgan fingerprint density at radius 3 is 3.14 bits per heavy atom. The number of benzene rings is 1. The number of nitrogens with zero attached hydrogens (tertiary/aromatic N) is 3. The minimum absolute atomic E-state index is 0.570. The Labute approximate surface area is 127 Å². The summed E-state index contributed by atoms with van der Waals surface area (Å²) in [6.07, 6.45) is 4.01. The van der Waals surface area contributed by atoms with Gasteiger partial charge in [-0.15, -0.1) is 5.10 Å². The molecule has 2 aromatic heterocycles. The first-order chi connectivity index (χ1) is 10.3. The molecule has 0 aliphatic carbocycles. The predicted molar refractivity (Wildman–Crippen MR) is 84.5 cm³/mol. The molecule has 5 nitrogen and oxygen atoms in total. The normalized spacial score (nSPS) is 13.8. The molecule has 1 aliphatic rings.